The fourth-order valence-electron chi connectivity index (χ4n) is 2.66. The van der Waals surface area contributed by atoms with Crippen LogP contribution in [-0.4, -0.2) is 44.8 Å². The van der Waals surface area contributed by atoms with Crippen LogP contribution in [0.4, 0.5) is 0 Å². The molecule has 0 bridgehead atoms. The first-order chi connectivity index (χ1) is 7.81. The highest BCUT2D eigenvalue weighted by atomic mass is 16.5. The standard InChI is InChI=1S/C13H26N2O/c1-3-7-15(8-9-16-2)11-13-6-4-5-12(13)10-14/h3,12-13H,1,4-11,14H2,2H3. The second-order valence-electron chi connectivity index (χ2n) is 4.73. The number of methoxy groups -OCH3 is 1. The molecule has 1 aliphatic rings. The zero-order valence-electron chi connectivity index (χ0n) is 10.5. The van der Waals surface area contributed by atoms with Crippen molar-refractivity contribution in [1.29, 1.82) is 0 Å². The summed E-state index contributed by atoms with van der Waals surface area (Å²) < 4.78 is 5.14. The average Bonchev–Trinajstić information content (AvgIpc) is 2.73. The summed E-state index contributed by atoms with van der Waals surface area (Å²) in [6.45, 7) is 8.56. The normalized spacial score (nSPS) is 25.2. The summed E-state index contributed by atoms with van der Waals surface area (Å²) in [6.07, 6.45) is 5.97. The molecule has 2 N–H and O–H groups in total. The summed E-state index contributed by atoms with van der Waals surface area (Å²) in [6, 6.07) is 0. The van der Waals surface area contributed by atoms with Crippen molar-refractivity contribution in [3.63, 3.8) is 0 Å². The highest BCUT2D eigenvalue weighted by molar-refractivity contribution is 4.83. The molecular weight excluding hydrogens is 200 g/mol. The minimum absolute atomic E-state index is 0.731. The van der Waals surface area contributed by atoms with Gasteiger partial charge in [0.1, 0.15) is 0 Å². The van der Waals surface area contributed by atoms with Crippen molar-refractivity contribution in [3.8, 4) is 0 Å². The first-order valence-electron chi connectivity index (χ1n) is 6.34. The van der Waals surface area contributed by atoms with E-state index in [2.05, 4.69) is 11.5 Å². The highest BCUT2D eigenvalue weighted by Gasteiger charge is 2.27. The van der Waals surface area contributed by atoms with Crippen LogP contribution >= 0.6 is 0 Å². The number of nitrogens with two attached hydrogens (primary N) is 1. The van der Waals surface area contributed by atoms with Crippen LogP contribution in [0.1, 0.15) is 19.3 Å². The topological polar surface area (TPSA) is 38.5 Å². The van der Waals surface area contributed by atoms with Gasteiger partial charge in [-0.3, -0.25) is 4.90 Å². The molecule has 0 aromatic carbocycles. The molecule has 1 aliphatic carbocycles. The Balaban J connectivity index is 2.36. The van der Waals surface area contributed by atoms with Gasteiger partial charge in [-0.1, -0.05) is 12.5 Å². The third-order valence-electron chi connectivity index (χ3n) is 3.61. The number of nitrogens with zero attached hydrogens (tertiary/aromatic N) is 1. The predicted octanol–water partition coefficient (Wildman–Crippen LogP) is 1.50. The number of rotatable bonds is 8. The lowest BCUT2D eigenvalue weighted by molar-refractivity contribution is 0.138. The molecule has 1 fully saturated rings. The number of hydrogen-bond acceptors (Lipinski definition) is 3. The van der Waals surface area contributed by atoms with E-state index in [1.54, 1.807) is 7.11 Å². The lowest BCUT2D eigenvalue weighted by atomic mass is 9.95. The van der Waals surface area contributed by atoms with Crippen molar-refractivity contribution in [1.82, 2.24) is 4.90 Å². The summed E-state index contributed by atoms with van der Waals surface area (Å²) in [7, 11) is 1.75. The van der Waals surface area contributed by atoms with Crippen LogP contribution in [0.2, 0.25) is 0 Å². The molecule has 0 saturated heterocycles. The van der Waals surface area contributed by atoms with Crippen molar-refractivity contribution in [3.05, 3.63) is 12.7 Å². The predicted molar refractivity (Wildman–Crippen MR) is 68.4 cm³/mol. The highest BCUT2D eigenvalue weighted by Crippen LogP contribution is 2.31. The maximum Gasteiger partial charge on any atom is 0.0589 e. The second kappa shape index (κ2) is 7.82. The summed E-state index contributed by atoms with van der Waals surface area (Å²) in [5.41, 5.74) is 5.81. The van der Waals surface area contributed by atoms with Crippen molar-refractivity contribution < 1.29 is 4.74 Å². The van der Waals surface area contributed by atoms with Gasteiger partial charge in [0, 0.05) is 26.7 Å². The fourth-order valence-corrected chi connectivity index (χ4v) is 2.66. The van der Waals surface area contributed by atoms with Crippen molar-refractivity contribution in [2.45, 2.75) is 19.3 Å². The van der Waals surface area contributed by atoms with Crippen LogP contribution in [0, 0.1) is 11.8 Å². The summed E-state index contributed by atoms with van der Waals surface area (Å²) in [4.78, 5) is 2.43. The zero-order valence-corrected chi connectivity index (χ0v) is 10.5. The van der Waals surface area contributed by atoms with Gasteiger partial charge < -0.3 is 10.5 Å². The molecule has 1 saturated carbocycles. The number of hydrogen-bond donors (Lipinski definition) is 1. The fraction of sp³-hybridized carbons (Fsp3) is 0.846. The molecule has 3 nitrogen and oxygen atoms in total. The van der Waals surface area contributed by atoms with Gasteiger partial charge in [0.15, 0.2) is 0 Å². The van der Waals surface area contributed by atoms with E-state index >= 15 is 0 Å². The summed E-state index contributed by atoms with van der Waals surface area (Å²) in [5, 5.41) is 0. The van der Waals surface area contributed by atoms with E-state index in [4.69, 9.17) is 10.5 Å². The summed E-state index contributed by atoms with van der Waals surface area (Å²) >= 11 is 0. The smallest absolute Gasteiger partial charge is 0.0589 e. The molecule has 1 rings (SSSR count). The first kappa shape index (κ1) is 13.7. The van der Waals surface area contributed by atoms with Gasteiger partial charge in [-0.2, -0.15) is 0 Å². The van der Waals surface area contributed by atoms with E-state index in [1.165, 1.54) is 19.3 Å². The minimum atomic E-state index is 0.731. The van der Waals surface area contributed by atoms with Crippen molar-refractivity contribution >= 4 is 0 Å². The molecule has 0 aromatic rings. The third kappa shape index (κ3) is 4.24. The van der Waals surface area contributed by atoms with Crippen molar-refractivity contribution in [2.75, 3.05) is 39.9 Å². The maximum absolute atomic E-state index is 5.81. The molecule has 94 valence electrons. The lowest BCUT2D eigenvalue weighted by Crippen LogP contribution is -2.35. The molecule has 2 unspecified atom stereocenters. The Morgan fingerprint density at radius 1 is 1.44 bits per heavy atom. The lowest BCUT2D eigenvalue weighted by Gasteiger charge is -2.27. The van der Waals surface area contributed by atoms with Gasteiger partial charge >= 0.3 is 0 Å². The zero-order chi connectivity index (χ0) is 11.8. The molecular formula is C13H26N2O. The van der Waals surface area contributed by atoms with Gasteiger partial charge in [-0.15, -0.1) is 6.58 Å². The summed E-state index contributed by atoms with van der Waals surface area (Å²) in [5.74, 6) is 1.51. The van der Waals surface area contributed by atoms with E-state index in [0.717, 1.165) is 44.6 Å². The monoisotopic (exact) mass is 226 g/mol. The Kier molecular flexibility index (Phi) is 6.69. The quantitative estimate of drug-likeness (QED) is 0.637. The Hall–Kier alpha value is -0.380. The van der Waals surface area contributed by atoms with Gasteiger partial charge in [0.05, 0.1) is 6.61 Å². The largest absolute Gasteiger partial charge is 0.383 e. The van der Waals surface area contributed by atoms with E-state index in [9.17, 15) is 0 Å². The number of ether oxygens (including phenoxy) is 1. The van der Waals surface area contributed by atoms with Gasteiger partial charge in [-0.25, -0.2) is 0 Å². The van der Waals surface area contributed by atoms with E-state index in [0.29, 0.717) is 0 Å². The Morgan fingerprint density at radius 3 is 2.81 bits per heavy atom. The third-order valence-corrected chi connectivity index (χ3v) is 3.61. The van der Waals surface area contributed by atoms with Crippen LogP contribution in [0.25, 0.3) is 0 Å². The molecule has 0 aliphatic heterocycles. The van der Waals surface area contributed by atoms with Crippen LogP contribution in [0.15, 0.2) is 12.7 Å². The molecule has 0 amide bonds. The molecule has 0 spiro atoms. The van der Waals surface area contributed by atoms with E-state index in [1.807, 2.05) is 6.08 Å². The second-order valence-corrected chi connectivity index (χ2v) is 4.73. The van der Waals surface area contributed by atoms with Gasteiger partial charge in [0.2, 0.25) is 0 Å². The van der Waals surface area contributed by atoms with Crippen molar-refractivity contribution in [2.24, 2.45) is 17.6 Å². The van der Waals surface area contributed by atoms with E-state index < -0.39 is 0 Å². The molecule has 0 aromatic heterocycles. The molecule has 3 heteroatoms. The van der Waals surface area contributed by atoms with Crippen LogP contribution in [0.5, 0.6) is 0 Å². The average molecular weight is 226 g/mol. The SMILES string of the molecule is C=CCN(CCOC)CC1CCCC1CN. The van der Waals surface area contributed by atoms with Gasteiger partial charge in [-0.05, 0) is 31.2 Å². The molecule has 16 heavy (non-hydrogen) atoms. The minimum Gasteiger partial charge on any atom is -0.383 e. The molecule has 2 atom stereocenters. The maximum atomic E-state index is 5.81. The molecule has 0 heterocycles. The Morgan fingerprint density at radius 2 is 2.19 bits per heavy atom. The van der Waals surface area contributed by atoms with Crippen LogP contribution in [0.3, 0.4) is 0 Å². The van der Waals surface area contributed by atoms with E-state index in [-0.39, 0.29) is 0 Å². The molecule has 0 radical (unpaired) electrons. The Labute approximate surface area is 99.6 Å². The first-order valence-corrected chi connectivity index (χ1v) is 6.34. The Bertz CT molecular complexity index is 196. The van der Waals surface area contributed by atoms with Crippen LogP contribution in [-0.2, 0) is 4.74 Å². The van der Waals surface area contributed by atoms with Crippen LogP contribution < -0.4 is 5.73 Å². The van der Waals surface area contributed by atoms with Gasteiger partial charge in [0.25, 0.3) is 0 Å².